The van der Waals surface area contributed by atoms with Crippen molar-refractivity contribution < 1.29 is 9.13 Å². The molecule has 0 spiro atoms. The molecule has 3 nitrogen and oxygen atoms in total. The number of anilines is 2. The van der Waals surface area contributed by atoms with Gasteiger partial charge in [0.1, 0.15) is 11.6 Å². The summed E-state index contributed by atoms with van der Waals surface area (Å²) in [4.78, 5) is 2.16. The quantitative estimate of drug-likeness (QED) is 0.873. The highest BCUT2D eigenvalue weighted by Gasteiger charge is 2.20. The summed E-state index contributed by atoms with van der Waals surface area (Å²) in [5.74, 6) is 0.610. The second-order valence-electron chi connectivity index (χ2n) is 5.02. The third kappa shape index (κ3) is 2.29. The zero-order chi connectivity index (χ0) is 14.1. The van der Waals surface area contributed by atoms with Crippen molar-refractivity contribution in [1.82, 2.24) is 0 Å². The van der Waals surface area contributed by atoms with Gasteiger partial charge in [-0.2, -0.15) is 0 Å². The van der Waals surface area contributed by atoms with Gasteiger partial charge >= 0.3 is 0 Å². The summed E-state index contributed by atoms with van der Waals surface area (Å²) < 4.78 is 18.8. The lowest BCUT2D eigenvalue weighted by Crippen LogP contribution is -2.20. The van der Waals surface area contributed by atoms with Gasteiger partial charge in [-0.3, -0.25) is 0 Å². The molecule has 2 N–H and O–H groups in total. The topological polar surface area (TPSA) is 38.5 Å². The van der Waals surface area contributed by atoms with Crippen LogP contribution in [0.15, 0.2) is 36.4 Å². The lowest BCUT2D eigenvalue weighted by Gasteiger charge is -2.21. The molecule has 1 heterocycles. The van der Waals surface area contributed by atoms with E-state index in [-0.39, 0.29) is 5.82 Å². The number of halogens is 1. The minimum Gasteiger partial charge on any atom is -0.496 e. The standard InChI is InChI=1S/C16H17FN2O/c1-20-16-5-4-14(18)8-12(16)10-19-7-6-11-2-3-13(17)9-15(11)19/h2-5,8-9H,6-7,10,18H2,1H3. The van der Waals surface area contributed by atoms with Crippen LogP contribution in [0.4, 0.5) is 15.8 Å². The molecule has 1 aliphatic rings. The number of nitrogen functional groups attached to an aromatic ring is 1. The minimum atomic E-state index is -0.199. The van der Waals surface area contributed by atoms with Gasteiger partial charge in [-0.1, -0.05) is 6.07 Å². The van der Waals surface area contributed by atoms with E-state index >= 15 is 0 Å². The Bertz CT molecular complexity index is 642. The third-order valence-corrected chi connectivity index (χ3v) is 3.70. The summed E-state index contributed by atoms with van der Waals surface area (Å²) in [6.07, 6.45) is 0.945. The molecule has 0 fully saturated rings. The number of nitrogens with two attached hydrogens (primary N) is 1. The summed E-state index contributed by atoms with van der Waals surface area (Å²) in [7, 11) is 1.65. The van der Waals surface area contributed by atoms with Gasteiger partial charge in [-0.15, -0.1) is 0 Å². The molecule has 3 rings (SSSR count). The van der Waals surface area contributed by atoms with E-state index in [1.54, 1.807) is 13.2 Å². The van der Waals surface area contributed by atoms with E-state index in [2.05, 4.69) is 4.90 Å². The molecule has 104 valence electrons. The Morgan fingerprint density at radius 1 is 1.25 bits per heavy atom. The first-order valence-corrected chi connectivity index (χ1v) is 6.63. The molecule has 0 bridgehead atoms. The predicted molar refractivity (Wildman–Crippen MR) is 78.6 cm³/mol. The maximum absolute atomic E-state index is 13.4. The zero-order valence-corrected chi connectivity index (χ0v) is 11.4. The van der Waals surface area contributed by atoms with Crippen molar-refractivity contribution in [2.45, 2.75) is 13.0 Å². The molecule has 20 heavy (non-hydrogen) atoms. The maximum Gasteiger partial charge on any atom is 0.125 e. The number of hydrogen-bond acceptors (Lipinski definition) is 3. The van der Waals surface area contributed by atoms with Crippen LogP contribution in [0.1, 0.15) is 11.1 Å². The first kappa shape index (κ1) is 12.8. The lowest BCUT2D eigenvalue weighted by molar-refractivity contribution is 0.409. The van der Waals surface area contributed by atoms with E-state index in [9.17, 15) is 4.39 Å². The average Bonchev–Trinajstić information content (AvgIpc) is 2.82. The number of fused-ring (bicyclic) bond motifs is 1. The highest BCUT2D eigenvalue weighted by atomic mass is 19.1. The molecule has 0 aliphatic carbocycles. The molecule has 0 radical (unpaired) electrons. The largest absolute Gasteiger partial charge is 0.496 e. The fraction of sp³-hybridized carbons (Fsp3) is 0.250. The summed E-state index contributed by atoms with van der Waals surface area (Å²) in [6, 6.07) is 10.6. The first-order valence-electron chi connectivity index (χ1n) is 6.63. The molecule has 0 atom stereocenters. The SMILES string of the molecule is COc1ccc(N)cc1CN1CCc2ccc(F)cc21. The summed E-state index contributed by atoms with van der Waals surface area (Å²) in [5, 5.41) is 0. The minimum absolute atomic E-state index is 0.199. The van der Waals surface area contributed by atoms with Crippen LogP contribution in [-0.4, -0.2) is 13.7 Å². The summed E-state index contributed by atoms with van der Waals surface area (Å²) >= 11 is 0. The highest BCUT2D eigenvalue weighted by molar-refractivity contribution is 5.59. The maximum atomic E-state index is 13.4. The first-order chi connectivity index (χ1) is 9.67. The van der Waals surface area contributed by atoms with Crippen molar-refractivity contribution >= 4 is 11.4 Å². The van der Waals surface area contributed by atoms with E-state index in [1.165, 1.54) is 11.6 Å². The Kier molecular flexibility index (Phi) is 3.22. The van der Waals surface area contributed by atoms with Crippen LogP contribution in [0.3, 0.4) is 0 Å². The Hall–Kier alpha value is -2.23. The Labute approximate surface area is 117 Å². The molecule has 0 unspecified atom stereocenters. The van der Waals surface area contributed by atoms with Crippen molar-refractivity contribution in [2.75, 3.05) is 24.3 Å². The number of ether oxygens (including phenoxy) is 1. The van der Waals surface area contributed by atoms with Gasteiger partial charge in [0.15, 0.2) is 0 Å². The monoisotopic (exact) mass is 272 g/mol. The van der Waals surface area contributed by atoms with Gasteiger partial charge in [0.05, 0.1) is 7.11 Å². The van der Waals surface area contributed by atoms with Crippen molar-refractivity contribution in [3.05, 3.63) is 53.3 Å². The molecular formula is C16H17FN2O. The van der Waals surface area contributed by atoms with E-state index in [0.717, 1.165) is 30.0 Å². The van der Waals surface area contributed by atoms with Crippen LogP contribution >= 0.6 is 0 Å². The van der Waals surface area contributed by atoms with E-state index < -0.39 is 0 Å². The third-order valence-electron chi connectivity index (χ3n) is 3.70. The van der Waals surface area contributed by atoms with E-state index in [0.29, 0.717) is 12.2 Å². The van der Waals surface area contributed by atoms with Crippen LogP contribution < -0.4 is 15.4 Å². The van der Waals surface area contributed by atoms with Crippen molar-refractivity contribution in [1.29, 1.82) is 0 Å². The van der Waals surface area contributed by atoms with Gasteiger partial charge in [0.2, 0.25) is 0 Å². The number of methoxy groups -OCH3 is 1. The molecule has 0 saturated carbocycles. The molecule has 0 aromatic heterocycles. The van der Waals surface area contributed by atoms with Crippen LogP contribution in [0.25, 0.3) is 0 Å². The van der Waals surface area contributed by atoms with Gasteiger partial charge < -0.3 is 15.4 Å². The highest BCUT2D eigenvalue weighted by Crippen LogP contribution is 2.32. The number of nitrogens with zero attached hydrogens (tertiary/aromatic N) is 1. The Morgan fingerprint density at radius 2 is 2.10 bits per heavy atom. The average molecular weight is 272 g/mol. The predicted octanol–water partition coefficient (Wildman–Crippen LogP) is 2.98. The number of hydrogen-bond donors (Lipinski definition) is 1. The summed E-state index contributed by atoms with van der Waals surface area (Å²) in [5.41, 5.74) is 9.72. The number of benzene rings is 2. The normalized spacial score (nSPS) is 13.4. The van der Waals surface area contributed by atoms with Gasteiger partial charge in [0.25, 0.3) is 0 Å². The van der Waals surface area contributed by atoms with E-state index in [4.69, 9.17) is 10.5 Å². The fourth-order valence-electron chi connectivity index (χ4n) is 2.71. The molecule has 2 aromatic rings. The van der Waals surface area contributed by atoms with Crippen molar-refractivity contribution in [2.24, 2.45) is 0 Å². The van der Waals surface area contributed by atoms with E-state index in [1.807, 2.05) is 24.3 Å². The smallest absolute Gasteiger partial charge is 0.125 e. The van der Waals surface area contributed by atoms with Gasteiger partial charge in [-0.05, 0) is 42.3 Å². The van der Waals surface area contributed by atoms with Gasteiger partial charge in [-0.25, -0.2) is 4.39 Å². The van der Waals surface area contributed by atoms with Crippen LogP contribution in [0.5, 0.6) is 5.75 Å². The second-order valence-corrected chi connectivity index (χ2v) is 5.02. The Balaban J connectivity index is 1.91. The second kappa shape index (κ2) is 5.04. The van der Waals surface area contributed by atoms with Crippen molar-refractivity contribution in [3.8, 4) is 5.75 Å². The lowest BCUT2D eigenvalue weighted by atomic mass is 10.1. The molecule has 0 amide bonds. The fourth-order valence-corrected chi connectivity index (χ4v) is 2.71. The number of rotatable bonds is 3. The molecular weight excluding hydrogens is 255 g/mol. The van der Waals surface area contributed by atoms with Crippen molar-refractivity contribution in [3.63, 3.8) is 0 Å². The van der Waals surface area contributed by atoms with Crippen LogP contribution in [0.2, 0.25) is 0 Å². The molecule has 2 aromatic carbocycles. The molecule has 0 saturated heterocycles. The zero-order valence-electron chi connectivity index (χ0n) is 11.4. The van der Waals surface area contributed by atoms with Crippen LogP contribution in [-0.2, 0) is 13.0 Å². The molecule has 4 heteroatoms. The summed E-state index contributed by atoms with van der Waals surface area (Å²) in [6.45, 7) is 1.56. The Morgan fingerprint density at radius 3 is 2.90 bits per heavy atom. The van der Waals surface area contributed by atoms with Crippen LogP contribution in [0, 0.1) is 5.82 Å². The van der Waals surface area contributed by atoms with Gasteiger partial charge in [0, 0.05) is 30.0 Å². The molecule has 1 aliphatic heterocycles.